The summed E-state index contributed by atoms with van der Waals surface area (Å²) in [5.74, 6) is -0.188. The Morgan fingerprint density at radius 1 is 1.06 bits per heavy atom. The van der Waals surface area contributed by atoms with E-state index >= 15 is 0 Å². The van der Waals surface area contributed by atoms with Crippen LogP contribution in [0, 0.1) is 0 Å². The summed E-state index contributed by atoms with van der Waals surface area (Å²) in [4.78, 5) is 12.0. The lowest BCUT2D eigenvalue weighted by Crippen LogP contribution is -2.25. The number of rotatable bonds is 2. The molecule has 0 N–H and O–H groups in total. The van der Waals surface area contributed by atoms with Gasteiger partial charge in [-0.05, 0) is 36.1 Å². The van der Waals surface area contributed by atoms with Gasteiger partial charge in [0.15, 0.2) is 0 Å². The zero-order chi connectivity index (χ0) is 11.7. The summed E-state index contributed by atoms with van der Waals surface area (Å²) in [6.07, 6.45) is 3.34. The van der Waals surface area contributed by atoms with Crippen LogP contribution in [0.25, 0.3) is 10.8 Å². The molecule has 1 saturated carbocycles. The number of carbonyl (C=O) groups is 1. The molecule has 0 radical (unpaired) electrons. The predicted molar refractivity (Wildman–Crippen MR) is 67.0 cm³/mol. The summed E-state index contributed by atoms with van der Waals surface area (Å²) >= 11 is 0. The Morgan fingerprint density at radius 3 is 2.59 bits per heavy atom. The minimum Gasteiger partial charge on any atom is -0.459 e. The zero-order valence-electron chi connectivity index (χ0n) is 9.56. The molecule has 3 rings (SSSR count). The van der Waals surface area contributed by atoms with E-state index < -0.39 is 0 Å². The van der Waals surface area contributed by atoms with Crippen molar-refractivity contribution in [2.75, 3.05) is 0 Å². The molecule has 86 valence electrons. The molecule has 2 aromatic rings. The van der Waals surface area contributed by atoms with Crippen LogP contribution in [0.1, 0.15) is 29.6 Å². The van der Waals surface area contributed by atoms with Gasteiger partial charge in [-0.3, -0.25) is 0 Å². The number of hydrogen-bond donors (Lipinski definition) is 0. The molecular weight excluding hydrogens is 212 g/mol. The van der Waals surface area contributed by atoms with E-state index in [1.165, 1.54) is 6.42 Å². The van der Waals surface area contributed by atoms with Crippen LogP contribution in [0.5, 0.6) is 0 Å². The van der Waals surface area contributed by atoms with E-state index in [-0.39, 0.29) is 12.1 Å². The average molecular weight is 226 g/mol. The summed E-state index contributed by atoms with van der Waals surface area (Å²) in [5, 5.41) is 2.05. The first-order valence-corrected chi connectivity index (χ1v) is 6.03. The van der Waals surface area contributed by atoms with Gasteiger partial charge in [0.25, 0.3) is 0 Å². The maximum absolute atomic E-state index is 12.0. The second-order valence-electron chi connectivity index (χ2n) is 4.48. The fourth-order valence-electron chi connectivity index (χ4n) is 2.11. The van der Waals surface area contributed by atoms with Gasteiger partial charge in [0.2, 0.25) is 0 Å². The first-order valence-electron chi connectivity index (χ1n) is 6.03. The van der Waals surface area contributed by atoms with Crippen molar-refractivity contribution in [3.8, 4) is 0 Å². The molecule has 2 aromatic carbocycles. The maximum Gasteiger partial charge on any atom is 0.339 e. The van der Waals surface area contributed by atoms with Gasteiger partial charge in [0.05, 0.1) is 5.56 Å². The van der Waals surface area contributed by atoms with E-state index in [9.17, 15) is 4.79 Å². The molecule has 0 amide bonds. The van der Waals surface area contributed by atoms with Crippen LogP contribution in [0.2, 0.25) is 0 Å². The standard InChI is InChI=1S/C15H14O2/c16-15(17-12-7-4-8-12)14-10-3-6-11-5-1-2-9-13(11)14/h1-3,5-6,9-10,12H,4,7-8H2. The highest BCUT2D eigenvalue weighted by atomic mass is 16.5. The number of esters is 1. The van der Waals surface area contributed by atoms with Gasteiger partial charge in [-0.15, -0.1) is 0 Å². The van der Waals surface area contributed by atoms with Crippen LogP contribution in [-0.2, 0) is 4.74 Å². The van der Waals surface area contributed by atoms with Crippen molar-refractivity contribution in [3.05, 3.63) is 48.0 Å². The zero-order valence-corrected chi connectivity index (χ0v) is 9.56. The summed E-state index contributed by atoms with van der Waals surface area (Å²) in [7, 11) is 0. The third-order valence-electron chi connectivity index (χ3n) is 3.34. The van der Waals surface area contributed by atoms with Gasteiger partial charge >= 0.3 is 5.97 Å². The number of fused-ring (bicyclic) bond motifs is 1. The van der Waals surface area contributed by atoms with Crippen LogP contribution in [0.15, 0.2) is 42.5 Å². The van der Waals surface area contributed by atoms with Crippen molar-refractivity contribution in [2.24, 2.45) is 0 Å². The topological polar surface area (TPSA) is 26.3 Å². The molecule has 1 aliphatic rings. The van der Waals surface area contributed by atoms with Crippen molar-refractivity contribution in [1.29, 1.82) is 0 Å². The highest BCUT2D eigenvalue weighted by Crippen LogP contribution is 2.25. The molecule has 0 bridgehead atoms. The number of benzene rings is 2. The summed E-state index contributed by atoms with van der Waals surface area (Å²) < 4.78 is 5.44. The summed E-state index contributed by atoms with van der Waals surface area (Å²) in [6.45, 7) is 0. The highest BCUT2D eigenvalue weighted by molar-refractivity contribution is 6.04. The van der Waals surface area contributed by atoms with Crippen LogP contribution in [0.4, 0.5) is 0 Å². The van der Waals surface area contributed by atoms with Crippen LogP contribution >= 0.6 is 0 Å². The maximum atomic E-state index is 12.0. The predicted octanol–water partition coefficient (Wildman–Crippen LogP) is 3.55. The lowest BCUT2D eigenvalue weighted by atomic mass is 9.96. The fourth-order valence-corrected chi connectivity index (χ4v) is 2.11. The smallest absolute Gasteiger partial charge is 0.339 e. The third-order valence-corrected chi connectivity index (χ3v) is 3.34. The highest BCUT2D eigenvalue weighted by Gasteiger charge is 2.23. The van der Waals surface area contributed by atoms with Crippen LogP contribution in [-0.4, -0.2) is 12.1 Å². The van der Waals surface area contributed by atoms with Crippen LogP contribution < -0.4 is 0 Å². The number of hydrogen-bond acceptors (Lipinski definition) is 2. The lowest BCUT2D eigenvalue weighted by Gasteiger charge is -2.25. The molecule has 1 fully saturated rings. The van der Waals surface area contributed by atoms with Crippen molar-refractivity contribution in [1.82, 2.24) is 0 Å². The van der Waals surface area contributed by atoms with E-state index in [1.54, 1.807) is 0 Å². The third kappa shape index (κ3) is 1.91. The molecule has 0 unspecified atom stereocenters. The van der Waals surface area contributed by atoms with E-state index in [0.717, 1.165) is 23.6 Å². The van der Waals surface area contributed by atoms with Gasteiger partial charge in [-0.1, -0.05) is 36.4 Å². The van der Waals surface area contributed by atoms with E-state index in [4.69, 9.17) is 4.74 Å². The minimum absolute atomic E-state index is 0.140. The average Bonchev–Trinajstić information content (AvgIpc) is 2.33. The van der Waals surface area contributed by atoms with E-state index in [1.807, 2.05) is 42.5 Å². The SMILES string of the molecule is O=C(OC1CCC1)c1cccc2ccccc12. The van der Waals surface area contributed by atoms with E-state index in [0.29, 0.717) is 5.56 Å². The molecule has 1 aliphatic carbocycles. The van der Waals surface area contributed by atoms with Gasteiger partial charge in [-0.25, -0.2) is 4.79 Å². The number of ether oxygens (including phenoxy) is 1. The Balaban J connectivity index is 1.95. The molecule has 0 saturated heterocycles. The fraction of sp³-hybridized carbons (Fsp3) is 0.267. The molecule has 2 nitrogen and oxygen atoms in total. The Hall–Kier alpha value is -1.83. The van der Waals surface area contributed by atoms with Crippen LogP contribution in [0.3, 0.4) is 0 Å². The number of carbonyl (C=O) groups excluding carboxylic acids is 1. The Bertz CT molecular complexity index is 550. The molecule has 0 atom stereocenters. The molecule has 0 heterocycles. The van der Waals surface area contributed by atoms with E-state index in [2.05, 4.69) is 0 Å². The Kier molecular flexibility index (Phi) is 2.56. The second kappa shape index (κ2) is 4.21. The largest absolute Gasteiger partial charge is 0.459 e. The van der Waals surface area contributed by atoms with Gasteiger partial charge in [-0.2, -0.15) is 0 Å². The second-order valence-corrected chi connectivity index (χ2v) is 4.48. The summed E-state index contributed by atoms with van der Waals surface area (Å²) in [5.41, 5.74) is 0.676. The Labute approximate surface area is 100 Å². The molecule has 0 aromatic heterocycles. The summed E-state index contributed by atoms with van der Waals surface area (Å²) in [6, 6.07) is 13.6. The van der Waals surface area contributed by atoms with Gasteiger partial charge in [0.1, 0.15) is 6.10 Å². The monoisotopic (exact) mass is 226 g/mol. The van der Waals surface area contributed by atoms with Crippen molar-refractivity contribution >= 4 is 16.7 Å². The van der Waals surface area contributed by atoms with Crippen molar-refractivity contribution in [2.45, 2.75) is 25.4 Å². The first-order chi connectivity index (χ1) is 8.34. The first kappa shape index (κ1) is 10.3. The molecular formula is C15H14O2. The molecule has 2 heteroatoms. The minimum atomic E-state index is -0.188. The van der Waals surface area contributed by atoms with Gasteiger partial charge < -0.3 is 4.74 Å². The molecule has 0 spiro atoms. The molecule has 17 heavy (non-hydrogen) atoms. The van der Waals surface area contributed by atoms with Crippen molar-refractivity contribution < 1.29 is 9.53 Å². The van der Waals surface area contributed by atoms with Gasteiger partial charge in [0, 0.05) is 0 Å². The normalized spacial score (nSPS) is 15.5. The molecule has 0 aliphatic heterocycles. The quantitative estimate of drug-likeness (QED) is 0.732. The van der Waals surface area contributed by atoms with Crippen molar-refractivity contribution in [3.63, 3.8) is 0 Å². The lowest BCUT2D eigenvalue weighted by molar-refractivity contribution is 0.00923. The Morgan fingerprint density at radius 2 is 1.82 bits per heavy atom.